The number of halogens is 3. The van der Waals surface area contributed by atoms with E-state index in [1.807, 2.05) is 13.8 Å². The summed E-state index contributed by atoms with van der Waals surface area (Å²) in [5, 5.41) is 9.19. The Morgan fingerprint density at radius 1 is 1.27 bits per heavy atom. The second-order valence-corrected chi connectivity index (χ2v) is 5.07. The van der Waals surface area contributed by atoms with Crippen LogP contribution in [0.3, 0.4) is 0 Å². The summed E-state index contributed by atoms with van der Waals surface area (Å²) in [7, 11) is 1.47. The summed E-state index contributed by atoms with van der Waals surface area (Å²) in [5.74, 6) is 0. The van der Waals surface area contributed by atoms with E-state index in [0.717, 1.165) is 7.11 Å². The Bertz CT molecular complexity index is 328. The Labute approximate surface area is 130 Å². The highest BCUT2D eigenvalue weighted by molar-refractivity contribution is 5.67. The molecule has 0 radical (unpaired) electrons. The van der Waals surface area contributed by atoms with Crippen LogP contribution < -0.4 is 0 Å². The van der Waals surface area contributed by atoms with Crippen molar-refractivity contribution in [2.45, 2.75) is 51.4 Å². The summed E-state index contributed by atoms with van der Waals surface area (Å²) in [4.78, 5) is 12.2. The number of carbonyl (C=O) groups is 1. The largest absolute Gasteiger partial charge is 0.489 e. The minimum Gasteiger partial charge on any atom is -0.453 e. The van der Waals surface area contributed by atoms with Gasteiger partial charge in [-0.15, -0.1) is 13.2 Å². The van der Waals surface area contributed by atoms with E-state index in [0.29, 0.717) is 13.7 Å². The predicted octanol–water partition coefficient (Wildman–Crippen LogP) is 2.84. The van der Waals surface area contributed by atoms with E-state index in [-0.39, 0.29) is 5.54 Å². The zero-order chi connectivity index (χ0) is 17.4. The molecule has 0 saturated carbocycles. The summed E-state index contributed by atoms with van der Waals surface area (Å²) in [6, 6.07) is 0. The number of methoxy groups -OCH3 is 1. The Kier molecular flexibility index (Phi) is 8.77. The molecule has 0 aromatic heterocycles. The molecule has 0 aromatic rings. The van der Waals surface area contributed by atoms with Gasteiger partial charge < -0.3 is 9.84 Å². The molecule has 5 nitrogen and oxygen atoms in total. The van der Waals surface area contributed by atoms with Crippen LogP contribution in [0.5, 0.6) is 0 Å². The number of carbonyl (C=O) groups excluding carboxylic acids is 1. The molecule has 0 aliphatic carbocycles. The van der Waals surface area contributed by atoms with E-state index < -0.39 is 17.3 Å². The fraction of sp³-hybridized carbons (Fsp3) is 0.929. The molecule has 22 heavy (non-hydrogen) atoms. The summed E-state index contributed by atoms with van der Waals surface area (Å²) >= 11 is 0. The second-order valence-electron chi connectivity index (χ2n) is 5.07. The first kappa shape index (κ1) is 21.0. The van der Waals surface area contributed by atoms with Crippen LogP contribution in [0.15, 0.2) is 0 Å². The van der Waals surface area contributed by atoms with Gasteiger partial charge in [0.15, 0.2) is 0 Å². The van der Waals surface area contributed by atoms with Crippen LogP contribution in [0, 0.1) is 0 Å². The highest BCUT2D eigenvalue weighted by atomic mass is 19.4. The highest BCUT2D eigenvalue weighted by Gasteiger charge is 2.43. The fourth-order valence-corrected chi connectivity index (χ4v) is 2.72. The maximum absolute atomic E-state index is 11.5. The summed E-state index contributed by atoms with van der Waals surface area (Å²) in [6.45, 7) is 6.83. The molecular weight excluding hydrogens is 301 g/mol. The van der Waals surface area contributed by atoms with E-state index in [1.54, 1.807) is 0 Å². The molecule has 0 atom stereocenters. The van der Waals surface area contributed by atoms with Crippen molar-refractivity contribution in [2.75, 3.05) is 33.9 Å². The third kappa shape index (κ3) is 5.31. The number of ether oxygens (including phenoxy) is 1. The monoisotopic (exact) mass is 328 g/mol. The smallest absolute Gasteiger partial charge is 0.453 e. The molecule has 0 spiro atoms. The number of hydrogen-bond donors (Lipinski definition) is 1. The number of amides is 1. The maximum Gasteiger partial charge on any atom is 0.489 e. The highest BCUT2D eigenvalue weighted by Crippen LogP contribution is 2.37. The summed E-state index contributed by atoms with van der Waals surface area (Å²) in [6.07, 6.45) is -1.05. The third-order valence-corrected chi connectivity index (χ3v) is 3.93. The van der Waals surface area contributed by atoms with Crippen LogP contribution in [0.1, 0.15) is 39.5 Å². The Morgan fingerprint density at radius 2 is 1.73 bits per heavy atom. The average Bonchev–Trinajstić information content (AvgIpc) is 3.07. The molecule has 0 aromatic carbocycles. The zero-order valence-electron chi connectivity index (χ0n) is 13.7. The van der Waals surface area contributed by atoms with Crippen LogP contribution in [0.4, 0.5) is 18.0 Å². The molecule has 2 saturated heterocycles. The number of hydrogen-bond acceptors (Lipinski definition) is 4. The van der Waals surface area contributed by atoms with Crippen molar-refractivity contribution in [3.63, 3.8) is 0 Å². The molecule has 2 aliphatic rings. The van der Waals surface area contributed by atoms with Crippen LogP contribution in [-0.2, 0) is 4.74 Å². The Morgan fingerprint density at radius 3 is 1.95 bits per heavy atom. The van der Waals surface area contributed by atoms with Gasteiger partial charge in [-0.3, -0.25) is 4.90 Å². The Balaban J connectivity index is 0.000000360. The number of rotatable bonds is 1. The van der Waals surface area contributed by atoms with Gasteiger partial charge in [-0.1, -0.05) is 13.8 Å². The SMILES string of the molecule is CC.COC(=O)N(C)C(F)(F)F.OCC12CCCN1CCC2. The number of aliphatic hydroxyl groups excluding tert-OH is 1. The molecule has 0 unspecified atom stereocenters. The molecule has 8 heteroatoms. The van der Waals surface area contributed by atoms with Gasteiger partial charge in [0.1, 0.15) is 0 Å². The minimum atomic E-state index is -4.66. The molecule has 1 N–H and O–H groups in total. The van der Waals surface area contributed by atoms with Gasteiger partial charge in [0.05, 0.1) is 13.7 Å². The summed E-state index contributed by atoms with van der Waals surface area (Å²) < 4.78 is 38.3. The van der Waals surface area contributed by atoms with Crippen molar-refractivity contribution in [1.82, 2.24) is 9.80 Å². The van der Waals surface area contributed by atoms with E-state index >= 15 is 0 Å². The number of nitrogens with zero attached hydrogens (tertiary/aromatic N) is 2. The second kappa shape index (κ2) is 9.19. The standard InChI is InChI=1S/C8H15NO.C4H6F3NO2.C2H6/c10-7-8-3-1-5-9(8)6-2-4-8;1-8(3(9)10-2)4(5,6)7;1-2/h10H,1-7H2;1-2H3;1-2H3. The van der Waals surface area contributed by atoms with Gasteiger partial charge in [-0.25, -0.2) is 9.69 Å². The lowest BCUT2D eigenvalue weighted by Crippen LogP contribution is -2.41. The van der Waals surface area contributed by atoms with E-state index in [1.165, 1.54) is 38.8 Å². The Hall–Kier alpha value is -1.02. The lowest BCUT2D eigenvalue weighted by atomic mass is 9.96. The predicted molar refractivity (Wildman–Crippen MR) is 77.4 cm³/mol. The van der Waals surface area contributed by atoms with Gasteiger partial charge in [-0.2, -0.15) is 0 Å². The fourth-order valence-electron chi connectivity index (χ4n) is 2.72. The van der Waals surface area contributed by atoms with Crippen LogP contribution in [-0.4, -0.2) is 66.7 Å². The van der Waals surface area contributed by atoms with Gasteiger partial charge in [0.25, 0.3) is 0 Å². The molecule has 2 heterocycles. The lowest BCUT2D eigenvalue weighted by Gasteiger charge is -2.29. The van der Waals surface area contributed by atoms with Crippen LogP contribution in [0.25, 0.3) is 0 Å². The van der Waals surface area contributed by atoms with Crippen molar-refractivity contribution >= 4 is 6.09 Å². The first-order valence-corrected chi connectivity index (χ1v) is 7.51. The van der Waals surface area contributed by atoms with Crippen molar-refractivity contribution in [3.8, 4) is 0 Å². The van der Waals surface area contributed by atoms with Gasteiger partial charge in [0.2, 0.25) is 0 Å². The molecule has 132 valence electrons. The average molecular weight is 328 g/mol. The first-order chi connectivity index (χ1) is 10.3. The molecule has 2 aliphatic heterocycles. The normalized spacial score (nSPS) is 19.3. The van der Waals surface area contributed by atoms with Crippen molar-refractivity contribution in [2.24, 2.45) is 0 Å². The van der Waals surface area contributed by atoms with Gasteiger partial charge >= 0.3 is 12.4 Å². The van der Waals surface area contributed by atoms with Crippen molar-refractivity contribution < 1.29 is 27.8 Å². The molecule has 0 bridgehead atoms. The van der Waals surface area contributed by atoms with E-state index in [9.17, 15) is 23.1 Å². The first-order valence-electron chi connectivity index (χ1n) is 7.51. The summed E-state index contributed by atoms with van der Waals surface area (Å²) in [5.41, 5.74) is 0.236. The number of fused-ring (bicyclic) bond motifs is 1. The molecular formula is C14H27F3N2O3. The van der Waals surface area contributed by atoms with E-state index in [4.69, 9.17) is 0 Å². The minimum absolute atomic E-state index is 0.236. The third-order valence-electron chi connectivity index (χ3n) is 3.93. The molecule has 1 amide bonds. The molecule has 2 rings (SSSR count). The topological polar surface area (TPSA) is 53.0 Å². The molecule has 2 fully saturated rings. The number of aliphatic hydroxyl groups is 1. The number of alkyl halides is 3. The van der Waals surface area contributed by atoms with Gasteiger partial charge in [-0.05, 0) is 38.8 Å². The van der Waals surface area contributed by atoms with Crippen molar-refractivity contribution in [3.05, 3.63) is 0 Å². The quantitative estimate of drug-likeness (QED) is 0.752. The van der Waals surface area contributed by atoms with Gasteiger partial charge in [0, 0.05) is 12.6 Å². The lowest BCUT2D eigenvalue weighted by molar-refractivity contribution is -0.221. The maximum atomic E-state index is 11.5. The van der Waals surface area contributed by atoms with E-state index in [2.05, 4.69) is 9.64 Å². The van der Waals surface area contributed by atoms with Crippen LogP contribution in [0.2, 0.25) is 0 Å². The zero-order valence-corrected chi connectivity index (χ0v) is 13.7. The van der Waals surface area contributed by atoms with Crippen molar-refractivity contribution in [1.29, 1.82) is 0 Å². The van der Waals surface area contributed by atoms with Crippen LogP contribution >= 0.6 is 0 Å².